The maximum Gasteiger partial charge on any atom is 0.258 e. The average Bonchev–Trinajstić information content (AvgIpc) is 2.67. The van der Waals surface area contributed by atoms with E-state index in [1.165, 1.54) is 11.3 Å². The van der Waals surface area contributed by atoms with Gasteiger partial charge in [-0.25, -0.2) is 4.98 Å². The van der Waals surface area contributed by atoms with Crippen molar-refractivity contribution in [2.75, 3.05) is 11.1 Å². The lowest BCUT2D eigenvalue weighted by molar-refractivity contribution is 0.102. The highest BCUT2D eigenvalue weighted by Crippen LogP contribution is 2.22. The Morgan fingerprint density at radius 1 is 1.53 bits per heavy atom. The van der Waals surface area contributed by atoms with Gasteiger partial charge in [-0.1, -0.05) is 0 Å². The molecule has 1 aromatic carbocycles. The van der Waals surface area contributed by atoms with E-state index in [1.807, 2.05) is 12.3 Å². The number of nitrogens with zero attached hydrogens (tertiary/aromatic N) is 1. The summed E-state index contributed by atoms with van der Waals surface area (Å²) < 4.78 is 0.706. The number of carbonyl (C=O) groups is 1. The average molecular weight is 312 g/mol. The van der Waals surface area contributed by atoms with E-state index in [4.69, 9.17) is 5.73 Å². The molecule has 0 unspecified atom stereocenters. The molecule has 1 heterocycles. The van der Waals surface area contributed by atoms with Gasteiger partial charge in [0, 0.05) is 15.5 Å². The largest absolute Gasteiger partial charge is 0.399 e. The SMILES string of the molecule is Cc1csc(NC(=O)c2cc(N)ccc2Br)n1. The molecular weight excluding hydrogens is 302 g/mol. The quantitative estimate of drug-likeness (QED) is 0.838. The van der Waals surface area contributed by atoms with Gasteiger partial charge in [0.1, 0.15) is 0 Å². The highest BCUT2D eigenvalue weighted by Gasteiger charge is 2.12. The Balaban J connectivity index is 2.22. The number of nitrogens with one attached hydrogen (secondary N) is 1. The molecule has 0 saturated carbocycles. The fourth-order valence-corrected chi connectivity index (χ4v) is 2.40. The Kier molecular flexibility index (Phi) is 3.44. The van der Waals surface area contributed by atoms with Crippen LogP contribution in [-0.2, 0) is 0 Å². The van der Waals surface area contributed by atoms with E-state index >= 15 is 0 Å². The topological polar surface area (TPSA) is 68.0 Å². The predicted octanol–water partition coefficient (Wildman–Crippen LogP) is 3.05. The first kappa shape index (κ1) is 12.1. The predicted molar refractivity (Wildman–Crippen MR) is 73.4 cm³/mol. The molecule has 0 aliphatic carbocycles. The minimum Gasteiger partial charge on any atom is -0.399 e. The maximum absolute atomic E-state index is 12.0. The molecule has 0 spiro atoms. The van der Waals surface area contributed by atoms with Crippen LogP contribution < -0.4 is 11.1 Å². The molecule has 0 radical (unpaired) electrons. The Morgan fingerprint density at radius 2 is 2.29 bits per heavy atom. The molecule has 3 N–H and O–H groups in total. The summed E-state index contributed by atoms with van der Waals surface area (Å²) in [5.41, 5.74) is 7.58. The van der Waals surface area contributed by atoms with E-state index in [9.17, 15) is 4.79 Å². The van der Waals surface area contributed by atoms with Crippen molar-refractivity contribution in [3.8, 4) is 0 Å². The lowest BCUT2D eigenvalue weighted by atomic mass is 10.2. The number of thiazole rings is 1. The number of amides is 1. The van der Waals surface area contributed by atoms with Crippen LogP contribution in [0.1, 0.15) is 16.1 Å². The fraction of sp³-hybridized carbons (Fsp3) is 0.0909. The maximum atomic E-state index is 12.0. The Hall–Kier alpha value is -1.40. The van der Waals surface area contributed by atoms with Crippen molar-refractivity contribution < 1.29 is 4.79 Å². The van der Waals surface area contributed by atoms with Gasteiger partial charge in [-0.3, -0.25) is 10.1 Å². The number of hydrogen-bond acceptors (Lipinski definition) is 4. The van der Waals surface area contributed by atoms with Crippen LogP contribution in [0.5, 0.6) is 0 Å². The third-order valence-electron chi connectivity index (χ3n) is 2.07. The van der Waals surface area contributed by atoms with Gasteiger partial charge in [-0.2, -0.15) is 0 Å². The molecule has 0 fully saturated rings. The molecule has 2 rings (SSSR count). The summed E-state index contributed by atoms with van der Waals surface area (Å²) in [4.78, 5) is 16.1. The normalized spacial score (nSPS) is 10.2. The molecule has 1 amide bonds. The smallest absolute Gasteiger partial charge is 0.258 e. The first-order valence-corrected chi connectivity index (χ1v) is 6.52. The molecule has 0 aliphatic rings. The Labute approximate surface area is 111 Å². The first-order valence-electron chi connectivity index (χ1n) is 4.85. The lowest BCUT2D eigenvalue weighted by Gasteiger charge is -2.05. The van der Waals surface area contributed by atoms with Crippen LogP contribution in [0, 0.1) is 6.92 Å². The van der Waals surface area contributed by atoms with Gasteiger partial charge in [0.2, 0.25) is 0 Å². The molecule has 4 nitrogen and oxygen atoms in total. The van der Waals surface area contributed by atoms with E-state index in [0.717, 1.165) is 5.69 Å². The number of rotatable bonds is 2. The molecule has 2 aromatic rings. The summed E-state index contributed by atoms with van der Waals surface area (Å²) >= 11 is 4.71. The number of aromatic nitrogens is 1. The molecule has 0 atom stereocenters. The summed E-state index contributed by atoms with van der Waals surface area (Å²) in [6.07, 6.45) is 0. The van der Waals surface area contributed by atoms with Crippen LogP contribution >= 0.6 is 27.3 Å². The third kappa shape index (κ3) is 2.83. The van der Waals surface area contributed by atoms with Gasteiger partial charge >= 0.3 is 0 Å². The number of nitrogen functional groups attached to an aromatic ring is 1. The number of aryl methyl sites for hydroxylation is 1. The zero-order chi connectivity index (χ0) is 12.4. The molecule has 6 heteroatoms. The molecule has 0 bridgehead atoms. The number of halogens is 1. The number of hydrogen-bond donors (Lipinski definition) is 2. The van der Waals surface area contributed by atoms with E-state index in [2.05, 4.69) is 26.2 Å². The van der Waals surface area contributed by atoms with Gasteiger partial charge < -0.3 is 5.73 Å². The van der Waals surface area contributed by atoms with Crippen LogP contribution in [0.15, 0.2) is 28.1 Å². The molecule has 17 heavy (non-hydrogen) atoms. The highest BCUT2D eigenvalue weighted by molar-refractivity contribution is 9.10. The second-order valence-electron chi connectivity index (χ2n) is 3.49. The minimum absolute atomic E-state index is 0.224. The van der Waals surface area contributed by atoms with Gasteiger partial charge in [-0.15, -0.1) is 11.3 Å². The molecule has 0 saturated heterocycles. The number of benzene rings is 1. The van der Waals surface area contributed by atoms with E-state index in [0.29, 0.717) is 20.9 Å². The van der Waals surface area contributed by atoms with Gasteiger partial charge in [0.05, 0.1) is 11.3 Å². The second-order valence-corrected chi connectivity index (χ2v) is 5.20. The molecule has 0 aliphatic heterocycles. The van der Waals surface area contributed by atoms with Crippen molar-refractivity contribution in [2.24, 2.45) is 0 Å². The standard InChI is InChI=1S/C11H10BrN3OS/c1-6-5-17-11(14-6)15-10(16)8-4-7(13)2-3-9(8)12/h2-5H,13H2,1H3,(H,14,15,16). The van der Waals surface area contributed by atoms with Crippen molar-refractivity contribution in [3.05, 3.63) is 39.3 Å². The second kappa shape index (κ2) is 4.85. The van der Waals surface area contributed by atoms with Crippen LogP contribution in [0.4, 0.5) is 10.8 Å². The highest BCUT2D eigenvalue weighted by atomic mass is 79.9. The number of nitrogens with two attached hydrogens (primary N) is 1. The fourth-order valence-electron chi connectivity index (χ4n) is 1.29. The van der Waals surface area contributed by atoms with Crippen LogP contribution in [0.3, 0.4) is 0 Å². The van der Waals surface area contributed by atoms with E-state index < -0.39 is 0 Å². The van der Waals surface area contributed by atoms with Crippen molar-refractivity contribution in [1.82, 2.24) is 4.98 Å². The van der Waals surface area contributed by atoms with E-state index in [-0.39, 0.29) is 5.91 Å². The molecule has 88 valence electrons. The van der Waals surface area contributed by atoms with Crippen molar-refractivity contribution in [3.63, 3.8) is 0 Å². The first-order chi connectivity index (χ1) is 8.06. The van der Waals surface area contributed by atoms with Gasteiger partial charge in [-0.05, 0) is 41.1 Å². The Bertz CT molecular complexity index is 568. The molecule has 1 aromatic heterocycles. The van der Waals surface area contributed by atoms with Gasteiger partial charge in [0.25, 0.3) is 5.91 Å². The lowest BCUT2D eigenvalue weighted by Crippen LogP contribution is -2.12. The summed E-state index contributed by atoms with van der Waals surface area (Å²) in [6, 6.07) is 5.10. The van der Waals surface area contributed by atoms with Crippen molar-refractivity contribution in [1.29, 1.82) is 0 Å². The molecular formula is C11H10BrN3OS. The van der Waals surface area contributed by atoms with Gasteiger partial charge in [0.15, 0.2) is 5.13 Å². The number of anilines is 2. The Morgan fingerprint density at radius 3 is 2.94 bits per heavy atom. The van der Waals surface area contributed by atoms with Crippen molar-refractivity contribution >= 4 is 44.0 Å². The van der Waals surface area contributed by atoms with Crippen molar-refractivity contribution in [2.45, 2.75) is 6.92 Å². The summed E-state index contributed by atoms with van der Waals surface area (Å²) in [7, 11) is 0. The summed E-state index contributed by atoms with van der Waals surface area (Å²) in [5, 5.41) is 5.19. The summed E-state index contributed by atoms with van der Waals surface area (Å²) in [5.74, 6) is -0.224. The van der Waals surface area contributed by atoms with Crippen LogP contribution in [0.25, 0.3) is 0 Å². The van der Waals surface area contributed by atoms with Crippen LogP contribution in [0.2, 0.25) is 0 Å². The van der Waals surface area contributed by atoms with E-state index in [1.54, 1.807) is 18.2 Å². The zero-order valence-electron chi connectivity index (χ0n) is 9.03. The minimum atomic E-state index is -0.224. The van der Waals surface area contributed by atoms with Crippen LogP contribution in [-0.4, -0.2) is 10.9 Å². The zero-order valence-corrected chi connectivity index (χ0v) is 11.4. The monoisotopic (exact) mass is 311 g/mol. The summed E-state index contributed by atoms with van der Waals surface area (Å²) in [6.45, 7) is 1.88. The third-order valence-corrected chi connectivity index (χ3v) is 3.64. The number of carbonyl (C=O) groups excluding carboxylic acids is 1.